The molecule has 1 aliphatic rings. The van der Waals surface area contributed by atoms with E-state index in [4.69, 9.17) is 21.4 Å². The molecule has 150 valence electrons. The Morgan fingerprint density at radius 1 is 1.25 bits per heavy atom. The van der Waals surface area contributed by atoms with Crippen LogP contribution in [0.2, 0.25) is 5.02 Å². The average Bonchev–Trinajstić information content (AvgIpc) is 2.55. The van der Waals surface area contributed by atoms with Gasteiger partial charge in [-0.15, -0.1) is 0 Å². The van der Waals surface area contributed by atoms with Crippen LogP contribution in [-0.2, 0) is 24.1 Å². The summed E-state index contributed by atoms with van der Waals surface area (Å²) in [5, 5.41) is 8.93. The van der Waals surface area contributed by atoms with E-state index in [1.807, 2.05) is 24.0 Å². The lowest BCUT2D eigenvalue weighted by Gasteiger charge is -2.36. The first kappa shape index (κ1) is 20.5. The summed E-state index contributed by atoms with van der Waals surface area (Å²) in [6.07, 6.45) is -4.46. The van der Waals surface area contributed by atoms with E-state index in [1.165, 1.54) is 6.07 Å². The second-order valence-electron chi connectivity index (χ2n) is 6.95. The summed E-state index contributed by atoms with van der Waals surface area (Å²) in [5.41, 5.74) is 1.55. The summed E-state index contributed by atoms with van der Waals surface area (Å²) in [4.78, 5) is 12.9. The summed E-state index contributed by atoms with van der Waals surface area (Å²) in [6.45, 7) is 3.60. The Morgan fingerprint density at radius 3 is 2.57 bits per heavy atom. The van der Waals surface area contributed by atoms with Crippen LogP contribution in [0.3, 0.4) is 0 Å². The van der Waals surface area contributed by atoms with Gasteiger partial charge in [0.2, 0.25) is 0 Å². The second kappa shape index (κ2) is 8.01. The van der Waals surface area contributed by atoms with Crippen molar-refractivity contribution in [3.05, 3.63) is 63.7 Å². The first-order chi connectivity index (χ1) is 13.1. The second-order valence-corrected chi connectivity index (χ2v) is 7.39. The SMILES string of the molecule is Cc1cc(OCc2cc(Cl)cc(C(F)(F)F)c2)ccc1CN1CC(C(=O)O)C1. The molecule has 0 aromatic heterocycles. The van der Waals surface area contributed by atoms with Gasteiger partial charge in [-0.05, 0) is 53.9 Å². The van der Waals surface area contributed by atoms with Gasteiger partial charge in [0.05, 0.1) is 11.5 Å². The molecule has 0 atom stereocenters. The van der Waals surface area contributed by atoms with Crippen LogP contribution >= 0.6 is 11.6 Å². The quantitative estimate of drug-likeness (QED) is 0.741. The number of benzene rings is 2. The number of rotatable bonds is 6. The van der Waals surface area contributed by atoms with E-state index in [9.17, 15) is 18.0 Å². The van der Waals surface area contributed by atoms with Crippen LogP contribution in [0.5, 0.6) is 5.75 Å². The van der Waals surface area contributed by atoms with E-state index in [0.717, 1.165) is 23.3 Å². The van der Waals surface area contributed by atoms with Crippen molar-refractivity contribution >= 4 is 17.6 Å². The number of aryl methyl sites for hydroxylation is 1. The molecule has 2 aromatic rings. The van der Waals surface area contributed by atoms with Crippen molar-refractivity contribution in [2.75, 3.05) is 13.1 Å². The van der Waals surface area contributed by atoms with Crippen LogP contribution in [0.15, 0.2) is 36.4 Å². The van der Waals surface area contributed by atoms with Crippen molar-refractivity contribution in [2.45, 2.75) is 26.3 Å². The van der Waals surface area contributed by atoms with Gasteiger partial charge in [0, 0.05) is 24.7 Å². The van der Waals surface area contributed by atoms with E-state index in [1.54, 1.807) is 6.07 Å². The third kappa shape index (κ3) is 4.97. The van der Waals surface area contributed by atoms with Crippen molar-refractivity contribution in [2.24, 2.45) is 5.92 Å². The molecule has 1 aliphatic heterocycles. The van der Waals surface area contributed by atoms with Crippen molar-refractivity contribution in [3.63, 3.8) is 0 Å². The number of likely N-dealkylation sites (tertiary alicyclic amines) is 1. The zero-order valence-electron chi connectivity index (χ0n) is 15.1. The van der Waals surface area contributed by atoms with Gasteiger partial charge in [0.25, 0.3) is 0 Å². The minimum absolute atomic E-state index is 0.00849. The number of hydrogen-bond donors (Lipinski definition) is 1. The maximum absolute atomic E-state index is 12.9. The van der Waals surface area contributed by atoms with Crippen molar-refractivity contribution in [1.82, 2.24) is 4.90 Å². The number of halogens is 4. The van der Waals surface area contributed by atoms with Gasteiger partial charge in [-0.3, -0.25) is 9.69 Å². The summed E-state index contributed by atoms with van der Waals surface area (Å²) < 4.78 is 44.3. The van der Waals surface area contributed by atoms with E-state index in [-0.39, 0.29) is 17.5 Å². The molecule has 0 aliphatic carbocycles. The molecular formula is C20H19ClF3NO3. The van der Waals surface area contributed by atoms with Gasteiger partial charge in [-0.1, -0.05) is 17.7 Å². The van der Waals surface area contributed by atoms with Crippen LogP contribution in [0, 0.1) is 12.8 Å². The molecule has 1 fully saturated rings. The topological polar surface area (TPSA) is 49.8 Å². The molecule has 4 nitrogen and oxygen atoms in total. The first-order valence-corrected chi connectivity index (χ1v) is 9.04. The Hall–Kier alpha value is -2.25. The molecule has 0 saturated carbocycles. The number of carbonyl (C=O) groups is 1. The standard InChI is InChI=1S/C20H19ClF3NO3/c1-12-4-18(3-2-14(12)8-25-9-15(10-25)19(26)27)28-11-13-5-16(20(22,23)24)7-17(21)6-13/h2-7,15H,8-11H2,1H3,(H,26,27). The predicted molar refractivity (Wildman–Crippen MR) is 98.4 cm³/mol. The molecule has 0 amide bonds. The highest BCUT2D eigenvalue weighted by Crippen LogP contribution is 2.32. The molecule has 0 unspecified atom stereocenters. The monoisotopic (exact) mass is 413 g/mol. The van der Waals surface area contributed by atoms with Crippen LogP contribution in [0.1, 0.15) is 22.3 Å². The molecule has 0 spiro atoms. The van der Waals surface area contributed by atoms with Gasteiger partial charge in [-0.2, -0.15) is 13.2 Å². The number of ether oxygens (including phenoxy) is 1. The summed E-state index contributed by atoms with van der Waals surface area (Å²) in [5.74, 6) is -0.532. The molecule has 3 rings (SSSR count). The van der Waals surface area contributed by atoms with Crippen molar-refractivity contribution in [1.29, 1.82) is 0 Å². The lowest BCUT2D eigenvalue weighted by atomic mass is 9.98. The molecular weight excluding hydrogens is 395 g/mol. The Labute approximate surface area is 165 Å². The summed E-state index contributed by atoms with van der Waals surface area (Å²) in [7, 11) is 0. The number of carboxylic acids is 1. The predicted octanol–water partition coefficient (Wildman–Crippen LogP) is 4.76. The highest BCUT2D eigenvalue weighted by Gasteiger charge is 2.32. The average molecular weight is 414 g/mol. The summed E-state index contributed by atoms with van der Waals surface area (Å²) in [6, 6.07) is 8.81. The van der Waals surface area contributed by atoms with Crippen molar-refractivity contribution in [3.8, 4) is 5.75 Å². The molecule has 1 heterocycles. The van der Waals surface area contributed by atoms with Crippen LogP contribution < -0.4 is 4.74 Å². The zero-order valence-corrected chi connectivity index (χ0v) is 15.8. The lowest BCUT2D eigenvalue weighted by Crippen LogP contribution is -2.49. The molecule has 1 saturated heterocycles. The van der Waals surface area contributed by atoms with E-state index >= 15 is 0 Å². The summed E-state index contributed by atoms with van der Waals surface area (Å²) >= 11 is 5.78. The van der Waals surface area contributed by atoms with Crippen molar-refractivity contribution < 1.29 is 27.8 Å². The van der Waals surface area contributed by atoms with E-state index < -0.39 is 17.7 Å². The fourth-order valence-corrected chi connectivity index (χ4v) is 3.35. The van der Waals surface area contributed by atoms with Crippen LogP contribution in [-0.4, -0.2) is 29.1 Å². The highest BCUT2D eigenvalue weighted by atomic mass is 35.5. The number of hydrogen-bond acceptors (Lipinski definition) is 3. The van der Waals surface area contributed by atoms with Gasteiger partial charge in [0.15, 0.2) is 0 Å². The first-order valence-electron chi connectivity index (χ1n) is 8.66. The number of nitrogens with zero attached hydrogens (tertiary/aromatic N) is 1. The fraction of sp³-hybridized carbons (Fsp3) is 0.350. The molecule has 28 heavy (non-hydrogen) atoms. The molecule has 1 N–H and O–H groups in total. The molecule has 0 radical (unpaired) electrons. The van der Waals surface area contributed by atoms with E-state index in [2.05, 4.69) is 0 Å². The molecule has 2 aromatic carbocycles. The van der Waals surface area contributed by atoms with Gasteiger partial charge in [0.1, 0.15) is 12.4 Å². The fourth-order valence-electron chi connectivity index (χ4n) is 3.10. The molecule has 0 bridgehead atoms. The largest absolute Gasteiger partial charge is 0.489 e. The number of aliphatic carboxylic acids is 1. The number of alkyl halides is 3. The smallest absolute Gasteiger partial charge is 0.416 e. The highest BCUT2D eigenvalue weighted by molar-refractivity contribution is 6.30. The minimum atomic E-state index is -4.46. The Morgan fingerprint density at radius 2 is 1.96 bits per heavy atom. The zero-order chi connectivity index (χ0) is 20.5. The number of carboxylic acid groups (broad SMARTS) is 1. The molecule has 8 heteroatoms. The van der Waals surface area contributed by atoms with E-state index in [0.29, 0.717) is 30.9 Å². The van der Waals surface area contributed by atoms with Crippen LogP contribution in [0.4, 0.5) is 13.2 Å². The maximum Gasteiger partial charge on any atom is 0.416 e. The van der Waals surface area contributed by atoms with Gasteiger partial charge >= 0.3 is 12.1 Å². The third-order valence-corrected chi connectivity index (χ3v) is 4.92. The maximum atomic E-state index is 12.9. The third-order valence-electron chi connectivity index (χ3n) is 4.70. The minimum Gasteiger partial charge on any atom is -0.489 e. The lowest BCUT2D eigenvalue weighted by molar-refractivity contribution is -0.147. The Kier molecular flexibility index (Phi) is 5.86. The normalized spacial score (nSPS) is 15.3. The Bertz CT molecular complexity index is 879. The van der Waals surface area contributed by atoms with Gasteiger partial charge < -0.3 is 9.84 Å². The Balaban J connectivity index is 1.61. The van der Waals surface area contributed by atoms with Gasteiger partial charge in [-0.25, -0.2) is 0 Å². The van der Waals surface area contributed by atoms with Crippen LogP contribution in [0.25, 0.3) is 0 Å².